The minimum atomic E-state index is -1.22. The molecule has 0 unspecified atom stereocenters. The highest BCUT2D eigenvalue weighted by molar-refractivity contribution is 5.98. The van der Waals surface area contributed by atoms with Crippen molar-refractivity contribution >= 4 is 23.7 Å². The number of amides is 3. The van der Waals surface area contributed by atoms with Crippen molar-refractivity contribution in [1.82, 2.24) is 15.1 Å². The quantitative estimate of drug-likeness (QED) is 0.218. The van der Waals surface area contributed by atoms with E-state index in [1.807, 2.05) is 44.2 Å². The van der Waals surface area contributed by atoms with Gasteiger partial charge in [0.15, 0.2) is 0 Å². The van der Waals surface area contributed by atoms with Crippen LogP contribution in [0.4, 0.5) is 0 Å². The number of carbonyl (C=O) groups is 4. The van der Waals surface area contributed by atoms with Crippen LogP contribution in [-0.2, 0) is 35.2 Å². The first kappa shape index (κ1) is 33.4. The number of nitrogens with one attached hydrogen (secondary N) is 1. The van der Waals surface area contributed by atoms with E-state index >= 15 is 0 Å². The smallest absolute Gasteiger partial charge is 0.312 e. The summed E-state index contributed by atoms with van der Waals surface area (Å²) in [5.41, 5.74) is -0.293. The van der Waals surface area contributed by atoms with Crippen molar-refractivity contribution in [3.8, 4) is 0 Å². The lowest BCUT2D eigenvalue weighted by Gasteiger charge is -2.41. The number of ether oxygens (including phenoxy) is 2. The molecule has 1 aromatic carbocycles. The summed E-state index contributed by atoms with van der Waals surface area (Å²) in [7, 11) is 0. The Bertz CT molecular complexity index is 1220. The number of esters is 1. The molecule has 2 N–H and O–H groups in total. The molecule has 240 valence electrons. The molecule has 3 aliphatic rings. The Kier molecular flexibility index (Phi) is 11.0. The van der Waals surface area contributed by atoms with Gasteiger partial charge in [0.25, 0.3) is 0 Å². The van der Waals surface area contributed by atoms with Crippen molar-refractivity contribution in [2.24, 2.45) is 17.8 Å². The van der Waals surface area contributed by atoms with E-state index in [2.05, 4.69) is 18.5 Å². The minimum absolute atomic E-state index is 0.108. The Labute approximate surface area is 260 Å². The maximum Gasteiger partial charge on any atom is 0.312 e. The van der Waals surface area contributed by atoms with E-state index in [0.29, 0.717) is 38.6 Å². The second kappa shape index (κ2) is 14.5. The molecule has 0 aliphatic carbocycles. The maximum atomic E-state index is 14.6. The molecular weight excluding hydrogens is 562 g/mol. The number of aliphatic hydroxyl groups excluding tert-OH is 1. The van der Waals surface area contributed by atoms with Crippen LogP contribution in [0, 0.1) is 17.8 Å². The summed E-state index contributed by atoms with van der Waals surface area (Å²) in [6.45, 7) is 13.5. The Hall–Kier alpha value is -3.50. The molecule has 2 bridgehead atoms. The van der Waals surface area contributed by atoms with E-state index in [1.54, 1.807) is 24.0 Å². The zero-order chi connectivity index (χ0) is 32.0. The van der Waals surface area contributed by atoms with Gasteiger partial charge in [0, 0.05) is 19.5 Å². The predicted molar refractivity (Wildman–Crippen MR) is 165 cm³/mol. The summed E-state index contributed by atoms with van der Waals surface area (Å²) in [4.78, 5) is 57.9. The Balaban J connectivity index is 1.64. The third-order valence-electron chi connectivity index (χ3n) is 9.45. The number of benzene rings is 1. The van der Waals surface area contributed by atoms with Crippen LogP contribution in [0.2, 0.25) is 0 Å². The molecule has 1 aromatic rings. The number of nitrogens with zero attached hydrogens (tertiary/aromatic N) is 2. The van der Waals surface area contributed by atoms with Gasteiger partial charge in [-0.1, -0.05) is 62.8 Å². The standard InChI is InChI=1S/C34H47N3O7/c1-6-9-15-27(39)35-19-23(5)43-33(42)28-26-16-17-34(44-26)29(28)31(40)37(25(21-38)22(4)8-3)30(34)32(41)36(18-7-2)20-24-13-11-10-12-14-24/h6-7,10-14,22-23,25-26,28-30,38H,1-2,8-9,15-21H2,3-5H3,(H,35,39)/t22-,23-,25-,26+,28-,29-,30+,34-/m0/s1. The van der Waals surface area contributed by atoms with Crippen molar-refractivity contribution in [2.45, 2.75) is 89.3 Å². The van der Waals surface area contributed by atoms with Gasteiger partial charge >= 0.3 is 5.97 Å². The van der Waals surface area contributed by atoms with Crippen molar-refractivity contribution in [2.75, 3.05) is 19.7 Å². The molecule has 44 heavy (non-hydrogen) atoms. The van der Waals surface area contributed by atoms with E-state index in [0.717, 1.165) is 5.56 Å². The number of aliphatic hydroxyl groups is 1. The molecule has 0 radical (unpaired) electrons. The average Bonchev–Trinajstić information content (AvgIpc) is 3.66. The van der Waals surface area contributed by atoms with Gasteiger partial charge in [-0.15, -0.1) is 13.2 Å². The molecule has 0 saturated carbocycles. The van der Waals surface area contributed by atoms with Gasteiger partial charge in [-0.25, -0.2) is 0 Å². The lowest BCUT2D eigenvalue weighted by atomic mass is 9.70. The molecule has 3 saturated heterocycles. The molecule has 10 heteroatoms. The number of carbonyl (C=O) groups excluding carboxylic acids is 4. The molecule has 4 rings (SSSR count). The first-order valence-electron chi connectivity index (χ1n) is 15.8. The van der Waals surface area contributed by atoms with Crippen LogP contribution in [0.3, 0.4) is 0 Å². The van der Waals surface area contributed by atoms with Crippen LogP contribution < -0.4 is 5.32 Å². The number of fused-ring (bicyclic) bond motifs is 1. The summed E-state index contributed by atoms with van der Waals surface area (Å²) in [6, 6.07) is 7.94. The number of likely N-dealkylation sites (tertiary alicyclic amines) is 1. The molecular formula is C34H47N3O7. The Morgan fingerprint density at radius 3 is 2.59 bits per heavy atom. The lowest BCUT2D eigenvalue weighted by molar-refractivity contribution is -0.160. The van der Waals surface area contributed by atoms with Crippen molar-refractivity contribution in [3.05, 3.63) is 61.2 Å². The predicted octanol–water partition coefficient (Wildman–Crippen LogP) is 3.00. The molecule has 3 fully saturated rings. The van der Waals surface area contributed by atoms with Crippen LogP contribution in [0.25, 0.3) is 0 Å². The molecule has 8 atom stereocenters. The summed E-state index contributed by atoms with van der Waals surface area (Å²) in [5.74, 6) is -3.33. The highest BCUT2D eigenvalue weighted by Crippen LogP contribution is 2.59. The zero-order valence-corrected chi connectivity index (χ0v) is 26.2. The first-order chi connectivity index (χ1) is 21.1. The summed E-state index contributed by atoms with van der Waals surface area (Å²) in [6.07, 6.45) is 4.57. The van der Waals surface area contributed by atoms with E-state index in [4.69, 9.17) is 9.47 Å². The Morgan fingerprint density at radius 1 is 1.23 bits per heavy atom. The highest BCUT2D eigenvalue weighted by atomic mass is 16.6. The molecule has 3 aliphatic heterocycles. The second-order valence-electron chi connectivity index (χ2n) is 12.3. The fraction of sp³-hybridized carbons (Fsp3) is 0.588. The van der Waals surface area contributed by atoms with Crippen LogP contribution in [0.15, 0.2) is 55.6 Å². The molecule has 0 aromatic heterocycles. The van der Waals surface area contributed by atoms with E-state index in [9.17, 15) is 24.3 Å². The topological polar surface area (TPSA) is 125 Å². The Morgan fingerprint density at radius 2 is 1.95 bits per heavy atom. The average molecular weight is 610 g/mol. The molecule has 10 nitrogen and oxygen atoms in total. The summed E-state index contributed by atoms with van der Waals surface area (Å²) < 4.78 is 12.3. The van der Waals surface area contributed by atoms with Gasteiger partial charge in [0.05, 0.1) is 37.1 Å². The summed E-state index contributed by atoms with van der Waals surface area (Å²) in [5, 5.41) is 13.3. The number of hydrogen-bond donors (Lipinski definition) is 2. The summed E-state index contributed by atoms with van der Waals surface area (Å²) >= 11 is 0. The first-order valence-corrected chi connectivity index (χ1v) is 15.8. The molecule has 3 amide bonds. The van der Waals surface area contributed by atoms with Crippen LogP contribution in [0.5, 0.6) is 0 Å². The normalized spacial score (nSPS) is 27.3. The van der Waals surface area contributed by atoms with E-state index < -0.39 is 47.7 Å². The molecule has 3 heterocycles. The fourth-order valence-corrected chi connectivity index (χ4v) is 7.07. The van der Waals surface area contributed by atoms with Crippen molar-refractivity contribution in [1.29, 1.82) is 0 Å². The van der Waals surface area contributed by atoms with Crippen LogP contribution >= 0.6 is 0 Å². The second-order valence-corrected chi connectivity index (χ2v) is 12.3. The molecule has 1 spiro atoms. The highest BCUT2D eigenvalue weighted by Gasteiger charge is 2.75. The number of rotatable bonds is 16. The van der Waals surface area contributed by atoms with Gasteiger partial charge in [-0.2, -0.15) is 0 Å². The van der Waals surface area contributed by atoms with E-state index in [1.165, 1.54) is 4.90 Å². The van der Waals surface area contributed by atoms with Crippen LogP contribution in [-0.4, -0.2) is 88.2 Å². The zero-order valence-electron chi connectivity index (χ0n) is 26.2. The monoisotopic (exact) mass is 609 g/mol. The maximum absolute atomic E-state index is 14.6. The number of allylic oxidation sites excluding steroid dienone is 1. The van der Waals surface area contributed by atoms with Crippen molar-refractivity contribution < 1.29 is 33.8 Å². The van der Waals surface area contributed by atoms with Crippen LogP contribution in [0.1, 0.15) is 58.4 Å². The number of hydrogen-bond acceptors (Lipinski definition) is 7. The largest absolute Gasteiger partial charge is 0.460 e. The van der Waals surface area contributed by atoms with Gasteiger partial charge in [0.2, 0.25) is 17.7 Å². The van der Waals surface area contributed by atoms with Gasteiger partial charge in [-0.3, -0.25) is 19.2 Å². The van der Waals surface area contributed by atoms with Gasteiger partial charge in [0.1, 0.15) is 17.7 Å². The van der Waals surface area contributed by atoms with E-state index in [-0.39, 0.29) is 43.3 Å². The SMILES string of the molecule is C=CCCC(=O)NC[C@H](C)OC(=O)[C@@H]1[C@H]2C(=O)N([C@@H](CO)[C@@H](C)CC)[C@H](C(=O)N(CC=C)Cc3ccccc3)[C@]23CC[C@H]1O3. The third kappa shape index (κ3) is 6.47. The fourth-order valence-electron chi connectivity index (χ4n) is 7.07. The van der Waals surface area contributed by atoms with Crippen molar-refractivity contribution in [3.63, 3.8) is 0 Å². The van der Waals surface area contributed by atoms with Gasteiger partial charge in [-0.05, 0) is 37.7 Å². The third-order valence-corrected chi connectivity index (χ3v) is 9.45. The minimum Gasteiger partial charge on any atom is -0.460 e. The lowest BCUT2D eigenvalue weighted by Crippen LogP contribution is -2.59. The van der Waals surface area contributed by atoms with Gasteiger partial charge < -0.3 is 29.7 Å².